The molecule has 6 nitrogen and oxygen atoms in total. The Kier molecular flexibility index (Phi) is 2.62. The number of carbonyl (C=O) groups is 1. The van der Waals surface area contributed by atoms with Crippen LogP contribution in [0.5, 0.6) is 0 Å². The van der Waals surface area contributed by atoms with E-state index >= 15 is 0 Å². The number of piperidine rings is 1. The molecule has 1 saturated heterocycles. The van der Waals surface area contributed by atoms with Crippen molar-refractivity contribution >= 4 is 16.2 Å². The third-order valence-corrected chi connectivity index (χ3v) is 3.85. The highest BCUT2D eigenvalue weighted by atomic mass is 32.2. The Bertz CT molecular complexity index is 400. The minimum atomic E-state index is -3.45. The molecule has 2 aliphatic rings. The summed E-state index contributed by atoms with van der Waals surface area (Å²) in [7, 11) is -3.45. The van der Waals surface area contributed by atoms with Crippen LogP contribution < -0.4 is 0 Å². The smallest absolute Gasteiger partial charge is 0.407 e. The summed E-state index contributed by atoms with van der Waals surface area (Å²) in [5.41, 5.74) is -0.348. The molecule has 1 N–H and O–H groups in total. The molecule has 1 heterocycles. The highest BCUT2D eigenvalue weighted by Gasteiger charge is 2.54. The van der Waals surface area contributed by atoms with Crippen molar-refractivity contribution in [3.05, 3.63) is 0 Å². The average Bonchev–Trinajstić information content (AvgIpc) is 2.81. The highest BCUT2D eigenvalue weighted by molar-refractivity contribution is 7.86. The van der Waals surface area contributed by atoms with Crippen molar-refractivity contribution in [1.82, 2.24) is 4.90 Å². The second kappa shape index (κ2) is 3.59. The van der Waals surface area contributed by atoms with Gasteiger partial charge in [-0.1, -0.05) is 0 Å². The first-order valence-electron chi connectivity index (χ1n) is 5.21. The molecule has 1 aliphatic heterocycles. The van der Waals surface area contributed by atoms with E-state index in [1.807, 2.05) is 0 Å². The van der Waals surface area contributed by atoms with E-state index in [4.69, 9.17) is 9.29 Å². The lowest BCUT2D eigenvalue weighted by atomic mass is 9.98. The normalized spacial score (nSPS) is 28.1. The van der Waals surface area contributed by atoms with Crippen LogP contribution in [0.1, 0.15) is 25.7 Å². The number of hydrogen-bond acceptors (Lipinski definition) is 4. The van der Waals surface area contributed by atoms with Gasteiger partial charge >= 0.3 is 6.09 Å². The SMILES string of the molecule is CS(=O)(=O)OC1CCN(C(=O)O)C2(CC2)C1. The summed E-state index contributed by atoms with van der Waals surface area (Å²) in [6.45, 7) is 0.357. The molecular formula is C9H15NO5S. The van der Waals surface area contributed by atoms with Crippen LogP contribution >= 0.6 is 0 Å². The van der Waals surface area contributed by atoms with Crippen molar-refractivity contribution < 1.29 is 22.5 Å². The Morgan fingerprint density at radius 1 is 1.50 bits per heavy atom. The van der Waals surface area contributed by atoms with Crippen LogP contribution in [0.4, 0.5) is 4.79 Å². The fraction of sp³-hybridized carbons (Fsp3) is 0.889. The van der Waals surface area contributed by atoms with Gasteiger partial charge in [0.25, 0.3) is 10.1 Å². The lowest BCUT2D eigenvalue weighted by Crippen LogP contribution is -2.49. The highest BCUT2D eigenvalue weighted by Crippen LogP contribution is 2.49. The van der Waals surface area contributed by atoms with Crippen molar-refractivity contribution in [1.29, 1.82) is 0 Å². The van der Waals surface area contributed by atoms with Gasteiger partial charge in [-0.25, -0.2) is 4.79 Å². The van der Waals surface area contributed by atoms with E-state index in [2.05, 4.69) is 0 Å². The summed E-state index contributed by atoms with van der Waals surface area (Å²) in [6.07, 6.45) is 2.29. The summed E-state index contributed by atoms with van der Waals surface area (Å²) >= 11 is 0. The van der Waals surface area contributed by atoms with Gasteiger partial charge in [-0.15, -0.1) is 0 Å². The number of amides is 1. The lowest BCUT2D eigenvalue weighted by Gasteiger charge is -2.37. The monoisotopic (exact) mass is 249 g/mol. The lowest BCUT2D eigenvalue weighted by molar-refractivity contribution is 0.0476. The molecule has 0 aromatic rings. The Morgan fingerprint density at radius 3 is 2.56 bits per heavy atom. The number of likely N-dealkylation sites (tertiary alicyclic amines) is 1. The van der Waals surface area contributed by atoms with Gasteiger partial charge in [0.15, 0.2) is 0 Å². The zero-order chi connectivity index (χ0) is 12.0. The maximum atomic E-state index is 11.0. The number of hydrogen-bond donors (Lipinski definition) is 1. The average molecular weight is 249 g/mol. The predicted octanol–water partition coefficient (Wildman–Crippen LogP) is 0.638. The third kappa shape index (κ3) is 2.30. The Balaban J connectivity index is 2.03. The van der Waals surface area contributed by atoms with E-state index in [0.29, 0.717) is 19.4 Å². The van der Waals surface area contributed by atoms with Gasteiger partial charge in [0, 0.05) is 12.1 Å². The standard InChI is InChI=1S/C9H15NO5S/c1-16(13,14)15-7-2-5-10(8(11)12)9(6-7)3-4-9/h7H,2-6H2,1H3,(H,11,12). The van der Waals surface area contributed by atoms with Crippen molar-refractivity contribution in [2.75, 3.05) is 12.8 Å². The minimum absolute atomic E-state index is 0.348. The van der Waals surface area contributed by atoms with Gasteiger partial charge < -0.3 is 10.0 Å². The van der Waals surface area contributed by atoms with Crippen LogP contribution in [0.15, 0.2) is 0 Å². The Morgan fingerprint density at radius 2 is 2.12 bits per heavy atom. The predicted molar refractivity (Wildman–Crippen MR) is 55.6 cm³/mol. The molecule has 0 aromatic heterocycles. The van der Waals surface area contributed by atoms with E-state index in [1.54, 1.807) is 0 Å². The minimum Gasteiger partial charge on any atom is -0.465 e. The van der Waals surface area contributed by atoms with Gasteiger partial charge in [0.1, 0.15) is 0 Å². The molecule has 2 rings (SSSR count). The summed E-state index contributed by atoms with van der Waals surface area (Å²) in [5.74, 6) is 0. The van der Waals surface area contributed by atoms with Crippen molar-refractivity contribution in [2.24, 2.45) is 0 Å². The molecule has 1 unspecified atom stereocenters. The van der Waals surface area contributed by atoms with E-state index in [9.17, 15) is 13.2 Å². The van der Waals surface area contributed by atoms with Gasteiger partial charge in [-0.05, 0) is 25.7 Å². The molecule has 1 saturated carbocycles. The summed E-state index contributed by atoms with van der Waals surface area (Å²) in [6, 6.07) is 0. The van der Waals surface area contributed by atoms with E-state index in [-0.39, 0.29) is 11.6 Å². The molecule has 0 aromatic carbocycles. The summed E-state index contributed by atoms with van der Waals surface area (Å²) in [4.78, 5) is 12.4. The van der Waals surface area contributed by atoms with Crippen molar-refractivity contribution in [3.8, 4) is 0 Å². The number of carboxylic acid groups (broad SMARTS) is 1. The topological polar surface area (TPSA) is 83.9 Å². The van der Waals surface area contributed by atoms with E-state index in [0.717, 1.165) is 19.1 Å². The van der Waals surface area contributed by atoms with Crippen LogP contribution in [0, 0.1) is 0 Å². The van der Waals surface area contributed by atoms with Crippen LogP contribution in [-0.2, 0) is 14.3 Å². The molecule has 1 amide bonds. The second-order valence-corrected chi connectivity index (χ2v) is 6.17. The second-order valence-electron chi connectivity index (χ2n) is 4.57. The van der Waals surface area contributed by atoms with Crippen LogP contribution in [-0.4, -0.2) is 49.0 Å². The van der Waals surface area contributed by atoms with Crippen LogP contribution in [0.3, 0.4) is 0 Å². The third-order valence-electron chi connectivity index (χ3n) is 3.22. The van der Waals surface area contributed by atoms with E-state index < -0.39 is 16.2 Å². The first-order chi connectivity index (χ1) is 7.32. The number of rotatable bonds is 2. The maximum Gasteiger partial charge on any atom is 0.407 e. The fourth-order valence-corrected chi connectivity index (χ4v) is 3.05. The largest absolute Gasteiger partial charge is 0.465 e. The molecule has 2 fully saturated rings. The first kappa shape index (κ1) is 11.7. The van der Waals surface area contributed by atoms with Gasteiger partial charge in [0.05, 0.1) is 12.4 Å². The molecule has 0 bridgehead atoms. The molecule has 0 radical (unpaired) electrons. The van der Waals surface area contributed by atoms with Crippen molar-refractivity contribution in [3.63, 3.8) is 0 Å². The van der Waals surface area contributed by atoms with Gasteiger partial charge in [0.2, 0.25) is 0 Å². The molecule has 92 valence electrons. The summed E-state index contributed by atoms with van der Waals surface area (Å²) < 4.78 is 26.9. The van der Waals surface area contributed by atoms with Crippen molar-refractivity contribution in [2.45, 2.75) is 37.3 Å². The zero-order valence-corrected chi connectivity index (χ0v) is 9.87. The van der Waals surface area contributed by atoms with E-state index in [1.165, 1.54) is 4.90 Å². The van der Waals surface area contributed by atoms with Crippen LogP contribution in [0.2, 0.25) is 0 Å². The Labute approximate surface area is 94.3 Å². The molecule has 1 spiro atoms. The molecule has 1 atom stereocenters. The number of nitrogens with zero attached hydrogens (tertiary/aromatic N) is 1. The first-order valence-corrected chi connectivity index (χ1v) is 7.03. The van der Waals surface area contributed by atoms with Crippen LogP contribution in [0.25, 0.3) is 0 Å². The zero-order valence-electron chi connectivity index (χ0n) is 9.05. The van der Waals surface area contributed by atoms with Gasteiger partial charge in [-0.2, -0.15) is 8.42 Å². The van der Waals surface area contributed by atoms with Gasteiger partial charge in [-0.3, -0.25) is 4.18 Å². The quantitative estimate of drug-likeness (QED) is 0.726. The molecular weight excluding hydrogens is 234 g/mol. The molecule has 7 heteroatoms. The molecule has 16 heavy (non-hydrogen) atoms. The summed E-state index contributed by atoms with van der Waals surface area (Å²) in [5, 5.41) is 9.00. The molecule has 1 aliphatic carbocycles. The maximum absolute atomic E-state index is 11.0. The fourth-order valence-electron chi connectivity index (χ4n) is 2.39. The Hall–Kier alpha value is -0.820.